The van der Waals surface area contributed by atoms with Crippen molar-refractivity contribution in [3.05, 3.63) is 65.7 Å². The highest BCUT2D eigenvalue weighted by Crippen LogP contribution is 2.24. The van der Waals surface area contributed by atoms with Crippen molar-refractivity contribution in [1.29, 1.82) is 0 Å². The molecule has 1 amide bonds. The third-order valence-corrected chi connectivity index (χ3v) is 4.86. The van der Waals surface area contributed by atoms with Gasteiger partial charge in [0.05, 0.1) is 18.5 Å². The lowest BCUT2D eigenvalue weighted by atomic mass is 10.1. The van der Waals surface area contributed by atoms with Crippen LogP contribution in [0.5, 0.6) is 0 Å². The molecule has 0 aliphatic heterocycles. The standard InChI is InChI=1S/C22H20F2N6O3/c1-3-33-22(32)16-11-26-30-18(7-8-25-21(16)30)14-5-4-6-15(10-14)27-19(31)12-29-13(2)9-17(28-29)20(23)24/h4-11,20H,3,12H2,1-2H3,(H,27,31). The number of nitrogens with one attached hydrogen (secondary N) is 1. The van der Waals surface area contributed by atoms with Gasteiger partial charge in [-0.25, -0.2) is 23.1 Å². The lowest BCUT2D eigenvalue weighted by Gasteiger charge is -2.10. The van der Waals surface area contributed by atoms with E-state index in [1.54, 1.807) is 44.3 Å². The molecule has 0 bridgehead atoms. The number of rotatable bonds is 7. The van der Waals surface area contributed by atoms with E-state index in [4.69, 9.17) is 4.74 Å². The molecule has 1 N–H and O–H groups in total. The van der Waals surface area contributed by atoms with Crippen LogP contribution in [-0.4, -0.2) is 42.9 Å². The molecular weight excluding hydrogens is 434 g/mol. The van der Waals surface area contributed by atoms with Crippen molar-refractivity contribution in [1.82, 2.24) is 24.4 Å². The third kappa shape index (κ3) is 4.56. The summed E-state index contributed by atoms with van der Waals surface area (Å²) in [5.41, 5.74) is 2.56. The molecule has 0 unspecified atom stereocenters. The highest BCUT2D eigenvalue weighted by atomic mass is 19.3. The van der Waals surface area contributed by atoms with Crippen molar-refractivity contribution in [3.8, 4) is 11.3 Å². The van der Waals surface area contributed by atoms with E-state index in [0.29, 0.717) is 28.3 Å². The van der Waals surface area contributed by atoms with Gasteiger partial charge in [0.1, 0.15) is 17.8 Å². The average molecular weight is 454 g/mol. The van der Waals surface area contributed by atoms with Gasteiger partial charge in [0.15, 0.2) is 5.65 Å². The molecule has 0 spiro atoms. The molecule has 170 valence electrons. The summed E-state index contributed by atoms with van der Waals surface area (Å²) >= 11 is 0. The molecule has 33 heavy (non-hydrogen) atoms. The Morgan fingerprint density at radius 1 is 1.21 bits per heavy atom. The Morgan fingerprint density at radius 2 is 2.03 bits per heavy atom. The minimum Gasteiger partial charge on any atom is -0.462 e. The molecule has 0 saturated carbocycles. The minimum absolute atomic E-state index is 0.204. The molecule has 0 atom stereocenters. The number of halogens is 2. The van der Waals surface area contributed by atoms with Gasteiger partial charge in [-0.3, -0.25) is 9.48 Å². The van der Waals surface area contributed by atoms with Gasteiger partial charge in [0.2, 0.25) is 5.91 Å². The Balaban J connectivity index is 1.57. The summed E-state index contributed by atoms with van der Waals surface area (Å²) < 4.78 is 33.5. The first kappa shape index (κ1) is 22.1. The molecule has 3 aromatic heterocycles. The van der Waals surface area contributed by atoms with E-state index >= 15 is 0 Å². The fraction of sp³-hybridized carbons (Fsp3) is 0.227. The summed E-state index contributed by atoms with van der Waals surface area (Å²) in [6, 6.07) is 9.99. The van der Waals surface area contributed by atoms with E-state index in [-0.39, 0.29) is 24.4 Å². The SMILES string of the molecule is CCOC(=O)c1cnn2c(-c3cccc(NC(=O)Cn4nc(C(F)F)cc4C)c3)ccnc12. The molecule has 0 aliphatic carbocycles. The average Bonchev–Trinajstić information content (AvgIpc) is 3.38. The minimum atomic E-state index is -2.70. The van der Waals surface area contributed by atoms with Gasteiger partial charge in [-0.1, -0.05) is 12.1 Å². The van der Waals surface area contributed by atoms with Gasteiger partial charge in [-0.15, -0.1) is 0 Å². The number of carbonyl (C=O) groups is 2. The number of ether oxygens (including phenoxy) is 1. The van der Waals surface area contributed by atoms with Crippen LogP contribution in [0.25, 0.3) is 16.9 Å². The topological polar surface area (TPSA) is 103 Å². The van der Waals surface area contributed by atoms with E-state index in [1.807, 2.05) is 6.07 Å². The monoisotopic (exact) mass is 454 g/mol. The van der Waals surface area contributed by atoms with Crippen LogP contribution in [0.4, 0.5) is 14.5 Å². The molecule has 4 aromatic rings. The molecule has 0 saturated heterocycles. The Labute approximate surface area is 187 Å². The van der Waals surface area contributed by atoms with Crippen LogP contribution >= 0.6 is 0 Å². The highest BCUT2D eigenvalue weighted by molar-refractivity contribution is 5.96. The van der Waals surface area contributed by atoms with Gasteiger partial charge in [0, 0.05) is 23.1 Å². The van der Waals surface area contributed by atoms with Crippen LogP contribution in [0.3, 0.4) is 0 Å². The van der Waals surface area contributed by atoms with Gasteiger partial charge in [0.25, 0.3) is 6.43 Å². The fourth-order valence-electron chi connectivity index (χ4n) is 3.36. The van der Waals surface area contributed by atoms with Crippen molar-refractivity contribution >= 4 is 23.2 Å². The number of hydrogen-bond acceptors (Lipinski definition) is 6. The zero-order chi connectivity index (χ0) is 23.5. The predicted octanol–water partition coefficient (Wildman–Crippen LogP) is 3.65. The Hall–Kier alpha value is -4.15. The molecule has 11 heteroatoms. The summed E-state index contributed by atoms with van der Waals surface area (Å²) in [5.74, 6) is -0.926. The van der Waals surface area contributed by atoms with Crippen molar-refractivity contribution in [2.75, 3.05) is 11.9 Å². The Kier molecular flexibility index (Phi) is 6.11. The number of nitrogens with zero attached hydrogens (tertiary/aromatic N) is 5. The van der Waals surface area contributed by atoms with Crippen molar-refractivity contribution < 1.29 is 23.1 Å². The summed E-state index contributed by atoms with van der Waals surface area (Å²) in [5, 5.41) is 10.8. The molecular formula is C22H20F2N6O3. The first-order valence-corrected chi connectivity index (χ1v) is 10.1. The zero-order valence-electron chi connectivity index (χ0n) is 17.8. The van der Waals surface area contributed by atoms with Gasteiger partial charge in [-0.05, 0) is 38.1 Å². The van der Waals surface area contributed by atoms with Crippen LogP contribution in [-0.2, 0) is 16.1 Å². The lowest BCUT2D eigenvalue weighted by Crippen LogP contribution is -2.20. The second-order valence-corrected chi connectivity index (χ2v) is 7.14. The maximum Gasteiger partial charge on any atom is 0.343 e. The molecule has 4 rings (SSSR count). The van der Waals surface area contributed by atoms with Crippen LogP contribution in [0.15, 0.2) is 48.8 Å². The number of alkyl halides is 2. The highest BCUT2D eigenvalue weighted by Gasteiger charge is 2.18. The Bertz CT molecular complexity index is 1330. The molecule has 3 heterocycles. The first-order chi connectivity index (χ1) is 15.9. The van der Waals surface area contributed by atoms with Crippen LogP contribution in [0.2, 0.25) is 0 Å². The van der Waals surface area contributed by atoms with Crippen molar-refractivity contribution in [2.45, 2.75) is 26.8 Å². The number of esters is 1. The summed E-state index contributed by atoms with van der Waals surface area (Å²) in [7, 11) is 0. The summed E-state index contributed by atoms with van der Waals surface area (Å²) in [4.78, 5) is 28.9. The van der Waals surface area contributed by atoms with Crippen LogP contribution in [0.1, 0.15) is 35.1 Å². The third-order valence-electron chi connectivity index (χ3n) is 4.86. The Morgan fingerprint density at radius 3 is 2.76 bits per heavy atom. The molecule has 1 aromatic carbocycles. The largest absolute Gasteiger partial charge is 0.462 e. The summed E-state index contributed by atoms with van der Waals surface area (Å²) in [6.07, 6.45) is 0.255. The molecule has 0 radical (unpaired) electrons. The zero-order valence-corrected chi connectivity index (χ0v) is 17.8. The molecule has 0 aliphatic rings. The maximum atomic E-state index is 12.8. The maximum absolute atomic E-state index is 12.8. The number of carbonyl (C=O) groups excluding carboxylic acids is 2. The molecule has 9 nitrogen and oxygen atoms in total. The second-order valence-electron chi connectivity index (χ2n) is 7.14. The second kappa shape index (κ2) is 9.15. The summed E-state index contributed by atoms with van der Waals surface area (Å²) in [6.45, 7) is 3.35. The number of fused-ring (bicyclic) bond motifs is 1. The number of benzene rings is 1. The number of aromatic nitrogens is 5. The lowest BCUT2D eigenvalue weighted by molar-refractivity contribution is -0.117. The number of hydrogen-bond donors (Lipinski definition) is 1. The van der Waals surface area contributed by atoms with E-state index < -0.39 is 18.3 Å². The number of anilines is 1. The van der Waals surface area contributed by atoms with Crippen molar-refractivity contribution in [3.63, 3.8) is 0 Å². The van der Waals surface area contributed by atoms with E-state index in [1.165, 1.54) is 21.5 Å². The predicted molar refractivity (Wildman–Crippen MR) is 115 cm³/mol. The van der Waals surface area contributed by atoms with E-state index in [2.05, 4.69) is 20.5 Å². The van der Waals surface area contributed by atoms with Crippen LogP contribution < -0.4 is 5.32 Å². The van der Waals surface area contributed by atoms with Crippen LogP contribution in [0, 0.1) is 6.92 Å². The van der Waals surface area contributed by atoms with E-state index in [9.17, 15) is 18.4 Å². The van der Waals surface area contributed by atoms with Crippen molar-refractivity contribution in [2.24, 2.45) is 0 Å². The first-order valence-electron chi connectivity index (χ1n) is 10.1. The quantitative estimate of drug-likeness (QED) is 0.428. The van der Waals surface area contributed by atoms with E-state index in [0.717, 1.165) is 0 Å². The molecule has 0 fully saturated rings. The smallest absolute Gasteiger partial charge is 0.343 e. The van der Waals surface area contributed by atoms with Gasteiger partial charge in [-0.2, -0.15) is 10.2 Å². The van der Waals surface area contributed by atoms with Gasteiger partial charge >= 0.3 is 5.97 Å². The van der Waals surface area contributed by atoms with Gasteiger partial charge < -0.3 is 10.1 Å². The number of aryl methyl sites for hydroxylation is 1. The normalized spacial score (nSPS) is 11.2. The number of amides is 1. The fourth-order valence-corrected chi connectivity index (χ4v) is 3.36.